The molecule has 6 nitrogen and oxygen atoms in total. The minimum atomic E-state index is 0.107. The average molecular weight is 317 g/mol. The third-order valence-electron chi connectivity index (χ3n) is 4.90. The summed E-state index contributed by atoms with van der Waals surface area (Å²) < 4.78 is 11.2. The molecule has 1 N–H and O–H groups in total. The first-order chi connectivity index (χ1) is 11.3. The first-order valence-electron chi connectivity index (χ1n) is 8.45. The first kappa shape index (κ1) is 14.6. The van der Waals surface area contributed by atoms with Crippen LogP contribution in [0.5, 0.6) is 11.5 Å². The Hall–Kier alpha value is -1.95. The molecule has 0 spiro atoms. The van der Waals surface area contributed by atoms with Gasteiger partial charge in [0.1, 0.15) is 13.2 Å². The molecule has 0 aromatic heterocycles. The maximum Gasteiger partial charge on any atom is 0.317 e. The fourth-order valence-electron chi connectivity index (χ4n) is 3.67. The van der Waals surface area contributed by atoms with Crippen LogP contribution < -0.4 is 14.8 Å². The summed E-state index contributed by atoms with van der Waals surface area (Å²) in [6, 6.07) is 6.72. The second kappa shape index (κ2) is 6.28. The van der Waals surface area contributed by atoms with Crippen molar-refractivity contribution in [3.05, 3.63) is 23.8 Å². The predicted molar refractivity (Wildman–Crippen MR) is 85.8 cm³/mol. The quantitative estimate of drug-likeness (QED) is 0.917. The molecule has 3 heterocycles. The molecule has 2 amide bonds. The summed E-state index contributed by atoms with van der Waals surface area (Å²) in [5.74, 6) is 1.70. The van der Waals surface area contributed by atoms with E-state index in [0.717, 1.165) is 57.1 Å². The highest BCUT2D eigenvalue weighted by atomic mass is 16.6. The number of nitrogens with zero attached hydrogens (tertiary/aromatic N) is 2. The average Bonchev–Trinajstić information content (AvgIpc) is 3.02. The molecule has 23 heavy (non-hydrogen) atoms. The summed E-state index contributed by atoms with van der Waals surface area (Å²) in [5.41, 5.74) is 1.26. The largest absolute Gasteiger partial charge is 0.486 e. The normalized spacial score (nSPS) is 22.3. The summed E-state index contributed by atoms with van der Waals surface area (Å²) in [6.45, 7) is 5.88. The number of carbonyl (C=O) groups is 1. The van der Waals surface area contributed by atoms with Crippen LogP contribution in [0.3, 0.4) is 0 Å². The van der Waals surface area contributed by atoms with Gasteiger partial charge in [0, 0.05) is 38.8 Å². The molecule has 3 aliphatic heterocycles. The van der Waals surface area contributed by atoms with Gasteiger partial charge in [0.25, 0.3) is 0 Å². The van der Waals surface area contributed by atoms with Gasteiger partial charge in [-0.05, 0) is 30.5 Å². The van der Waals surface area contributed by atoms with Crippen LogP contribution in [0.15, 0.2) is 18.2 Å². The van der Waals surface area contributed by atoms with Crippen molar-refractivity contribution in [1.82, 2.24) is 15.1 Å². The molecule has 0 saturated carbocycles. The highest BCUT2D eigenvalue weighted by Crippen LogP contribution is 2.31. The molecule has 1 aromatic rings. The molecule has 0 radical (unpaired) electrons. The zero-order valence-corrected chi connectivity index (χ0v) is 13.3. The van der Waals surface area contributed by atoms with E-state index in [1.807, 2.05) is 11.0 Å². The van der Waals surface area contributed by atoms with Gasteiger partial charge < -0.3 is 19.7 Å². The van der Waals surface area contributed by atoms with Gasteiger partial charge in [0.05, 0.1) is 0 Å². The monoisotopic (exact) mass is 317 g/mol. The summed E-state index contributed by atoms with van der Waals surface area (Å²) in [4.78, 5) is 16.2. The number of nitrogens with one attached hydrogen (secondary N) is 1. The zero-order valence-electron chi connectivity index (χ0n) is 13.3. The molecule has 124 valence electrons. The topological polar surface area (TPSA) is 54.0 Å². The minimum absolute atomic E-state index is 0.107. The molecule has 0 atom stereocenters. The maximum absolute atomic E-state index is 11.8. The number of piperidine rings is 1. The smallest absolute Gasteiger partial charge is 0.317 e. The van der Waals surface area contributed by atoms with Crippen LogP contribution in [-0.4, -0.2) is 61.3 Å². The molecular formula is C17H23N3O3. The van der Waals surface area contributed by atoms with E-state index in [1.54, 1.807) is 0 Å². The van der Waals surface area contributed by atoms with Gasteiger partial charge >= 0.3 is 6.03 Å². The molecule has 2 fully saturated rings. The van der Waals surface area contributed by atoms with E-state index in [9.17, 15) is 4.79 Å². The van der Waals surface area contributed by atoms with E-state index < -0.39 is 0 Å². The Kier molecular flexibility index (Phi) is 3.99. The number of fused-ring (bicyclic) bond motifs is 1. The minimum Gasteiger partial charge on any atom is -0.486 e. The van der Waals surface area contributed by atoms with Crippen LogP contribution in [-0.2, 0) is 6.54 Å². The van der Waals surface area contributed by atoms with E-state index in [4.69, 9.17) is 9.47 Å². The number of likely N-dealkylation sites (tertiary alicyclic amines) is 1. The summed E-state index contributed by atoms with van der Waals surface area (Å²) >= 11 is 0. The van der Waals surface area contributed by atoms with Crippen molar-refractivity contribution in [2.75, 3.05) is 39.4 Å². The van der Waals surface area contributed by atoms with E-state index in [2.05, 4.69) is 22.3 Å². The molecule has 0 bridgehead atoms. The number of rotatable bonds is 3. The Labute approximate surface area is 136 Å². The van der Waals surface area contributed by atoms with Crippen molar-refractivity contribution in [2.24, 2.45) is 0 Å². The standard InChI is InChI=1S/C17H23N3O3/c21-17-18-5-8-20(17)14-3-6-19(7-4-14)12-13-1-2-15-16(11-13)23-10-9-22-15/h1-2,11,14H,3-10,12H2,(H,18,21). The lowest BCUT2D eigenvalue weighted by Gasteiger charge is -2.36. The van der Waals surface area contributed by atoms with E-state index in [-0.39, 0.29) is 6.03 Å². The van der Waals surface area contributed by atoms with Crippen LogP contribution in [0.4, 0.5) is 4.79 Å². The van der Waals surface area contributed by atoms with Gasteiger partial charge in [-0.1, -0.05) is 6.07 Å². The van der Waals surface area contributed by atoms with Crippen LogP contribution in [0.25, 0.3) is 0 Å². The lowest BCUT2D eigenvalue weighted by Crippen LogP contribution is -2.45. The number of amides is 2. The molecule has 6 heteroatoms. The van der Waals surface area contributed by atoms with E-state index in [0.29, 0.717) is 19.3 Å². The Bertz CT molecular complexity index is 584. The fourth-order valence-corrected chi connectivity index (χ4v) is 3.67. The maximum atomic E-state index is 11.8. The number of carbonyl (C=O) groups excluding carboxylic acids is 1. The van der Waals surface area contributed by atoms with Crippen molar-refractivity contribution in [3.63, 3.8) is 0 Å². The SMILES string of the molecule is O=C1NCCN1C1CCN(Cc2ccc3c(c2)OCCO3)CC1. The second-order valence-corrected chi connectivity index (χ2v) is 6.41. The van der Waals surface area contributed by atoms with Crippen molar-refractivity contribution < 1.29 is 14.3 Å². The molecule has 3 aliphatic rings. The molecule has 0 aliphatic carbocycles. The molecule has 2 saturated heterocycles. The van der Waals surface area contributed by atoms with Crippen LogP contribution >= 0.6 is 0 Å². The van der Waals surface area contributed by atoms with Gasteiger partial charge in [-0.3, -0.25) is 4.90 Å². The highest BCUT2D eigenvalue weighted by Gasteiger charge is 2.30. The van der Waals surface area contributed by atoms with Gasteiger partial charge in [-0.2, -0.15) is 0 Å². The lowest BCUT2D eigenvalue weighted by molar-refractivity contribution is 0.131. The molecule has 4 rings (SSSR count). The number of ether oxygens (including phenoxy) is 2. The third kappa shape index (κ3) is 3.08. The Morgan fingerprint density at radius 3 is 2.61 bits per heavy atom. The number of benzene rings is 1. The van der Waals surface area contributed by atoms with Gasteiger partial charge in [0.15, 0.2) is 11.5 Å². The van der Waals surface area contributed by atoms with Crippen LogP contribution in [0, 0.1) is 0 Å². The van der Waals surface area contributed by atoms with Crippen molar-refractivity contribution >= 4 is 6.03 Å². The van der Waals surface area contributed by atoms with Crippen molar-refractivity contribution in [1.29, 1.82) is 0 Å². The summed E-state index contributed by atoms with van der Waals surface area (Å²) in [5, 5.41) is 2.89. The van der Waals surface area contributed by atoms with Gasteiger partial charge in [0.2, 0.25) is 0 Å². The van der Waals surface area contributed by atoms with Gasteiger partial charge in [-0.15, -0.1) is 0 Å². The Balaban J connectivity index is 1.33. The number of hydrogen-bond acceptors (Lipinski definition) is 4. The predicted octanol–water partition coefficient (Wildman–Crippen LogP) is 1.45. The molecular weight excluding hydrogens is 294 g/mol. The Morgan fingerprint density at radius 1 is 1.09 bits per heavy atom. The van der Waals surface area contributed by atoms with Crippen LogP contribution in [0.2, 0.25) is 0 Å². The molecule has 0 unspecified atom stereocenters. The first-order valence-corrected chi connectivity index (χ1v) is 8.45. The van der Waals surface area contributed by atoms with Crippen molar-refractivity contribution in [3.8, 4) is 11.5 Å². The lowest BCUT2D eigenvalue weighted by atomic mass is 10.0. The fraction of sp³-hybridized carbons (Fsp3) is 0.588. The van der Waals surface area contributed by atoms with Crippen LogP contribution in [0.1, 0.15) is 18.4 Å². The molecule has 1 aromatic carbocycles. The summed E-state index contributed by atoms with van der Waals surface area (Å²) in [6.07, 6.45) is 2.11. The highest BCUT2D eigenvalue weighted by molar-refractivity contribution is 5.76. The number of hydrogen-bond donors (Lipinski definition) is 1. The number of urea groups is 1. The Morgan fingerprint density at radius 2 is 1.87 bits per heavy atom. The van der Waals surface area contributed by atoms with Gasteiger partial charge in [-0.25, -0.2) is 4.79 Å². The van der Waals surface area contributed by atoms with E-state index in [1.165, 1.54) is 5.56 Å². The summed E-state index contributed by atoms with van der Waals surface area (Å²) in [7, 11) is 0. The van der Waals surface area contributed by atoms with Crippen molar-refractivity contribution in [2.45, 2.75) is 25.4 Å². The zero-order chi connectivity index (χ0) is 15.6. The second-order valence-electron chi connectivity index (χ2n) is 6.41. The third-order valence-corrected chi connectivity index (χ3v) is 4.90. The van der Waals surface area contributed by atoms with E-state index >= 15 is 0 Å².